The van der Waals surface area contributed by atoms with Gasteiger partial charge in [0, 0.05) is 12.1 Å². The van der Waals surface area contributed by atoms with Gasteiger partial charge < -0.3 is 14.5 Å². The van der Waals surface area contributed by atoms with Crippen molar-refractivity contribution in [3.63, 3.8) is 0 Å². The Morgan fingerprint density at radius 3 is 3.16 bits per heavy atom. The van der Waals surface area contributed by atoms with E-state index in [4.69, 9.17) is 9.15 Å². The highest BCUT2D eigenvalue weighted by Gasteiger charge is 2.43. The number of furan rings is 1. The fourth-order valence-corrected chi connectivity index (χ4v) is 2.91. The first-order chi connectivity index (χ1) is 9.22. The van der Waals surface area contributed by atoms with E-state index in [-0.39, 0.29) is 23.9 Å². The van der Waals surface area contributed by atoms with Crippen LogP contribution in [0.3, 0.4) is 0 Å². The number of rotatable bonds is 2. The van der Waals surface area contributed by atoms with Crippen LogP contribution in [0, 0.1) is 0 Å². The molecule has 3 heterocycles. The van der Waals surface area contributed by atoms with E-state index in [2.05, 4.69) is 10.2 Å². The molecule has 3 rings (SSSR count). The van der Waals surface area contributed by atoms with E-state index in [0.29, 0.717) is 5.56 Å². The summed E-state index contributed by atoms with van der Waals surface area (Å²) in [5.41, 5.74) is 0.671. The summed E-state index contributed by atoms with van der Waals surface area (Å²) < 4.78 is 9.89. The van der Waals surface area contributed by atoms with Crippen molar-refractivity contribution in [2.75, 3.05) is 13.7 Å². The summed E-state index contributed by atoms with van der Waals surface area (Å²) >= 11 is 0. The first-order valence-corrected chi connectivity index (χ1v) is 6.44. The van der Waals surface area contributed by atoms with E-state index >= 15 is 0 Å². The minimum Gasteiger partial charge on any atom is -0.463 e. The molecule has 102 valence electrons. The number of ether oxygens (including phenoxy) is 1. The summed E-state index contributed by atoms with van der Waals surface area (Å²) in [5.74, 6) is -0.324. The molecule has 6 heteroatoms. The first-order valence-electron chi connectivity index (χ1n) is 6.44. The Morgan fingerprint density at radius 2 is 2.37 bits per heavy atom. The Hall–Kier alpha value is -1.82. The average Bonchev–Trinajstić information content (AvgIpc) is 3.03. The maximum Gasteiger partial charge on any atom is 0.374 e. The van der Waals surface area contributed by atoms with E-state index in [1.54, 1.807) is 6.07 Å². The molecular weight excluding hydrogens is 248 g/mol. The molecular formula is C13H16N2O4. The number of hydrogen-bond donors (Lipinski definition) is 1. The maximum atomic E-state index is 12.0. The molecule has 0 aliphatic carbocycles. The smallest absolute Gasteiger partial charge is 0.374 e. The Morgan fingerprint density at radius 1 is 1.53 bits per heavy atom. The zero-order valence-corrected chi connectivity index (χ0v) is 10.7. The molecule has 2 atom stereocenters. The zero-order valence-electron chi connectivity index (χ0n) is 10.7. The maximum absolute atomic E-state index is 12.0. The van der Waals surface area contributed by atoms with Gasteiger partial charge >= 0.3 is 5.97 Å². The van der Waals surface area contributed by atoms with Crippen LogP contribution in [0.5, 0.6) is 0 Å². The van der Waals surface area contributed by atoms with E-state index < -0.39 is 5.97 Å². The summed E-state index contributed by atoms with van der Waals surface area (Å²) in [6, 6.07) is 1.63. The van der Waals surface area contributed by atoms with Crippen molar-refractivity contribution >= 4 is 11.9 Å². The third kappa shape index (κ3) is 1.92. The third-order valence-corrected chi connectivity index (χ3v) is 3.82. The predicted molar refractivity (Wildman–Crippen MR) is 65.3 cm³/mol. The highest BCUT2D eigenvalue weighted by atomic mass is 16.5. The molecule has 1 N–H and O–H groups in total. The van der Waals surface area contributed by atoms with Crippen LogP contribution < -0.4 is 5.32 Å². The lowest BCUT2D eigenvalue weighted by atomic mass is 10.0. The molecule has 19 heavy (non-hydrogen) atoms. The molecule has 0 unspecified atom stereocenters. The van der Waals surface area contributed by atoms with Crippen LogP contribution in [-0.4, -0.2) is 36.5 Å². The minimum atomic E-state index is -0.519. The molecule has 2 aliphatic rings. The van der Waals surface area contributed by atoms with Crippen molar-refractivity contribution in [3.8, 4) is 0 Å². The molecule has 0 bridgehead atoms. The summed E-state index contributed by atoms with van der Waals surface area (Å²) in [6.45, 7) is 0.847. The minimum absolute atomic E-state index is 0.0294. The van der Waals surface area contributed by atoms with Gasteiger partial charge in [0.15, 0.2) is 0 Å². The molecule has 1 aromatic heterocycles. The first kappa shape index (κ1) is 12.2. The van der Waals surface area contributed by atoms with Gasteiger partial charge in [-0.25, -0.2) is 4.79 Å². The van der Waals surface area contributed by atoms with Gasteiger partial charge in [0.2, 0.25) is 11.7 Å². The molecule has 0 radical (unpaired) electrons. The summed E-state index contributed by atoms with van der Waals surface area (Å²) in [7, 11) is 1.31. The van der Waals surface area contributed by atoms with Crippen molar-refractivity contribution in [3.05, 3.63) is 23.7 Å². The Labute approximate surface area is 110 Å². The second kappa shape index (κ2) is 4.70. The number of esters is 1. The SMILES string of the molecule is COC(=O)c1occc1[C@@H]1NC(=O)[C@H]2CCCCN21. The van der Waals surface area contributed by atoms with E-state index in [9.17, 15) is 9.59 Å². The van der Waals surface area contributed by atoms with Crippen LogP contribution in [0.4, 0.5) is 0 Å². The molecule has 0 spiro atoms. The van der Waals surface area contributed by atoms with Crippen molar-refractivity contribution in [2.24, 2.45) is 0 Å². The van der Waals surface area contributed by atoms with Crippen LogP contribution >= 0.6 is 0 Å². The van der Waals surface area contributed by atoms with Crippen LogP contribution in [0.1, 0.15) is 41.5 Å². The van der Waals surface area contributed by atoms with Gasteiger partial charge in [-0.05, 0) is 18.9 Å². The quantitative estimate of drug-likeness (QED) is 0.808. The number of carbonyl (C=O) groups excluding carboxylic acids is 2. The third-order valence-electron chi connectivity index (χ3n) is 3.82. The standard InChI is InChI=1S/C13H16N2O4/c1-18-13(17)10-8(5-7-19-10)11-14-12(16)9-4-2-3-6-15(9)11/h5,7,9,11H,2-4,6H2,1H3,(H,14,16)/t9-,11-/m1/s1. The highest BCUT2D eigenvalue weighted by Crippen LogP contribution is 2.34. The fraction of sp³-hybridized carbons (Fsp3) is 0.538. The fourth-order valence-electron chi connectivity index (χ4n) is 2.91. The summed E-state index contributed by atoms with van der Waals surface area (Å²) in [6.07, 6.45) is 4.16. The number of nitrogens with zero attached hydrogens (tertiary/aromatic N) is 1. The van der Waals surface area contributed by atoms with Gasteiger partial charge in [-0.2, -0.15) is 0 Å². The van der Waals surface area contributed by atoms with Gasteiger partial charge in [0.1, 0.15) is 6.17 Å². The molecule has 1 amide bonds. The zero-order chi connectivity index (χ0) is 13.4. The van der Waals surface area contributed by atoms with Gasteiger partial charge in [0.25, 0.3) is 0 Å². The molecule has 0 aromatic carbocycles. The molecule has 2 saturated heterocycles. The monoisotopic (exact) mass is 264 g/mol. The van der Waals surface area contributed by atoms with Crippen molar-refractivity contribution < 1.29 is 18.7 Å². The van der Waals surface area contributed by atoms with Gasteiger partial charge in [0.05, 0.1) is 19.4 Å². The van der Waals surface area contributed by atoms with E-state index in [0.717, 1.165) is 25.8 Å². The lowest BCUT2D eigenvalue weighted by Gasteiger charge is -2.31. The van der Waals surface area contributed by atoms with Crippen LogP contribution in [0.2, 0.25) is 0 Å². The molecule has 6 nitrogen and oxygen atoms in total. The number of piperidine rings is 1. The number of amides is 1. The number of fused-ring (bicyclic) bond motifs is 1. The Kier molecular flexibility index (Phi) is 3.02. The number of carbonyl (C=O) groups is 2. The van der Waals surface area contributed by atoms with Crippen molar-refractivity contribution in [2.45, 2.75) is 31.5 Å². The topological polar surface area (TPSA) is 71.8 Å². The van der Waals surface area contributed by atoms with Crippen molar-refractivity contribution in [1.29, 1.82) is 0 Å². The van der Waals surface area contributed by atoms with Gasteiger partial charge in [-0.15, -0.1) is 0 Å². The van der Waals surface area contributed by atoms with Gasteiger partial charge in [-0.1, -0.05) is 6.42 Å². The molecule has 1 aromatic rings. The lowest BCUT2D eigenvalue weighted by Crippen LogP contribution is -2.38. The Bertz CT molecular complexity index is 510. The van der Waals surface area contributed by atoms with Gasteiger partial charge in [-0.3, -0.25) is 9.69 Å². The second-order valence-corrected chi connectivity index (χ2v) is 4.86. The normalized spacial score (nSPS) is 26.9. The largest absolute Gasteiger partial charge is 0.463 e. The molecule has 0 saturated carbocycles. The molecule has 2 fully saturated rings. The number of hydrogen-bond acceptors (Lipinski definition) is 5. The van der Waals surface area contributed by atoms with Crippen molar-refractivity contribution in [1.82, 2.24) is 10.2 Å². The number of nitrogens with one attached hydrogen (secondary N) is 1. The lowest BCUT2D eigenvalue weighted by molar-refractivity contribution is -0.122. The Balaban J connectivity index is 1.92. The summed E-state index contributed by atoms with van der Waals surface area (Å²) in [4.78, 5) is 25.7. The summed E-state index contributed by atoms with van der Waals surface area (Å²) in [5, 5.41) is 2.94. The average molecular weight is 264 g/mol. The highest BCUT2D eigenvalue weighted by molar-refractivity contribution is 5.89. The van der Waals surface area contributed by atoms with E-state index in [1.807, 2.05) is 0 Å². The molecule has 2 aliphatic heterocycles. The number of methoxy groups -OCH3 is 1. The predicted octanol–water partition coefficient (Wildman–Crippen LogP) is 1.05. The van der Waals surface area contributed by atoms with Crippen LogP contribution in [0.25, 0.3) is 0 Å². The van der Waals surface area contributed by atoms with Crippen LogP contribution in [-0.2, 0) is 9.53 Å². The second-order valence-electron chi connectivity index (χ2n) is 4.86. The van der Waals surface area contributed by atoms with E-state index in [1.165, 1.54) is 13.4 Å². The van der Waals surface area contributed by atoms with Crippen LogP contribution in [0.15, 0.2) is 16.7 Å².